The Morgan fingerprint density at radius 1 is 1.47 bits per heavy atom. The number of ether oxygens (including phenoxy) is 1. The molecule has 0 aliphatic heterocycles. The van der Waals surface area contributed by atoms with Crippen molar-refractivity contribution < 1.29 is 9.53 Å². The van der Waals surface area contributed by atoms with E-state index in [-0.39, 0.29) is 11.6 Å². The zero-order chi connectivity index (χ0) is 12.1. The van der Waals surface area contributed by atoms with Gasteiger partial charge < -0.3 is 4.74 Å². The molecule has 0 saturated heterocycles. The monoisotopic (exact) mass is 232 g/mol. The average molecular weight is 232 g/mol. The molecule has 0 aliphatic rings. The molecular formula is C11H12N4O2. The quantitative estimate of drug-likeness (QED) is 0.784. The number of hydrogen-bond acceptors (Lipinski definition) is 5. The van der Waals surface area contributed by atoms with Crippen molar-refractivity contribution in [1.82, 2.24) is 20.2 Å². The number of H-pyrrole nitrogens is 1. The van der Waals surface area contributed by atoms with Gasteiger partial charge in [0.25, 0.3) is 0 Å². The number of pyridine rings is 1. The summed E-state index contributed by atoms with van der Waals surface area (Å²) in [6, 6.07) is 1.65. The van der Waals surface area contributed by atoms with E-state index >= 15 is 0 Å². The van der Waals surface area contributed by atoms with Gasteiger partial charge in [-0.15, -0.1) is 0 Å². The lowest BCUT2D eigenvalue weighted by Gasteiger charge is -2.04. The van der Waals surface area contributed by atoms with Crippen molar-refractivity contribution >= 4 is 5.78 Å². The van der Waals surface area contributed by atoms with Crippen LogP contribution in [-0.4, -0.2) is 32.6 Å². The average Bonchev–Trinajstić information content (AvgIpc) is 2.89. The minimum atomic E-state index is -0.253. The molecule has 0 aromatic carbocycles. The van der Waals surface area contributed by atoms with E-state index < -0.39 is 0 Å². The van der Waals surface area contributed by atoms with Crippen molar-refractivity contribution in [3.05, 3.63) is 36.2 Å². The largest absolute Gasteiger partial charge is 0.492 e. The summed E-state index contributed by atoms with van der Waals surface area (Å²) in [7, 11) is 0. The number of nitrogens with zero attached hydrogens (tertiary/aromatic N) is 3. The number of aromatic amines is 1. The highest BCUT2D eigenvalue weighted by molar-refractivity contribution is 6.06. The lowest BCUT2D eigenvalue weighted by Crippen LogP contribution is -2.05. The number of hydrogen-bond donors (Lipinski definition) is 1. The summed E-state index contributed by atoms with van der Waals surface area (Å²) in [6.45, 7) is 2.61. The number of nitrogens with one attached hydrogen (secondary N) is 1. The standard InChI is InChI=1S/C11H12N4O2/c1-2-3-17-9-4-8(5-12-6-9)10(16)11-13-7-14-15-11/h4-7H,2-3H2,1H3,(H,13,14,15). The summed E-state index contributed by atoms with van der Waals surface area (Å²) in [5.74, 6) is 0.522. The zero-order valence-corrected chi connectivity index (χ0v) is 9.38. The number of carbonyl (C=O) groups is 1. The maximum atomic E-state index is 11.9. The third-order valence-corrected chi connectivity index (χ3v) is 2.08. The van der Waals surface area contributed by atoms with E-state index in [1.54, 1.807) is 12.3 Å². The Labute approximate surface area is 98.1 Å². The Morgan fingerprint density at radius 2 is 2.35 bits per heavy atom. The lowest BCUT2D eigenvalue weighted by molar-refractivity contribution is 0.102. The van der Waals surface area contributed by atoms with Gasteiger partial charge in [-0.2, -0.15) is 5.10 Å². The molecule has 0 radical (unpaired) electrons. The van der Waals surface area contributed by atoms with E-state index in [0.717, 1.165) is 6.42 Å². The number of carbonyl (C=O) groups excluding carboxylic acids is 1. The molecule has 0 atom stereocenters. The van der Waals surface area contributed by atoms with Crippen LogP contribution in [-0.2, 0) is 0 Å². The van der Waals surface area contributed by atoms with Gasteiger partial charge in [0, 0.05) is 11.8 Å². The molecule has 2 aromatic rings. The Bertz CT molecular complexity index is 496. The second-order valence-electron chi connectivity index (χ2n) is 3.42. The predicted molar refractivity (Wildman–Crippen MR) is 59.8 cm³/mol. The maximum absolute atomic E-state index is 11.9. The molecule has 2 rings (SSSR count). The van der Waals surface area contributed by atoms with Crippen molar-refractivity contribution in [2.75, 3.05) is 6.61 Å². The molecule has 2 aromatic heterocycles. The fraction of sp³-hybridized carbons (Fsp3) is 0.273. The highest BCUT2D eigenvalue weighted by Gasteiger charge is 2.13. The number of ketones is 1. The molecule has 0 bridgehead atoms. The van der Waals surface area contributed by atoms with Crippen LogP contribution in [0.1, 0.15) is 29.5 Å². The topological polar surface area (TPSA) is 80.8 Å². The van der Waals surface area contributed by atoms with Gasteiger partial charge in [0.1, 0.15) is 12.1 Å². The number of aromatic nitrogens is 4. The van der Waals surface area contributed by atoms with Gasteiger partial charge in [0.05, 0.1) is 12.8 Å². The predicted octanol–water partition coefficient (Wildman–Crippen LogP) is 1.22. The van der Waals surface area contributed by atoms with E-state index in [0.29, 0.717) is 17.9 Å². The van der Waals surface area contributed by atoms with Crippen molar-refractivity contribution in [1.29, 1.82) is 0 Å². The molecular weight excluding hydrogens is 220 g/mol. The highest BCUT2D eigenvalue weighted by Crippen LogP contribution is 2.13. The van der Waals surface area contributed by atoms with Gasteiger partial charge in [-0.25, -0.2) is 4.98 Å². The second-order valence-corrected chi connectivity index (χ2v) is 3.42. The van der Waals surface area contributed by atoms with Gasteiger partial charge in [-0.3, -0.25) is 14.9 Å². The smallest absolute Gasteiger partial charge is 0.231 e. The molecule has 0 amide bonds. The van der Waals surface area contributed by atoms with Crippen LogP contribution in [0.2, 0.25) is 0 Å². The van der Waals surface area contributed by atoms with Crippen molar-refractivity contribution in [2.45, 2.75) is 13.3 Å². The first-order valence-electron chi connectivity index (χ1n) is 5.29. The fourth-order valence-electron chi connectivity index (χ4n) is 1.29. The van der Waals surface area contributed by atoms with E-state index in [1.165, 1.54) is 12.5 Å². The van der Waals surface area contributed by atoms with Crippen LogP contribution in [0.3, 0.4) is 0 Å². The molecule has 0 aliphatic carbocycles. The van der Waals surface area contributed by atoms with E-state index in [4.69, 9.17) is 4.74 Å². The van der Waals surface area contributed by atoms with Crippen molar-refractivity contribution in [3.8, 4) is 5.75 Å². The van der Waals surface area contributed by atoms with Gasteiger partial charge in [-0.1, -0.05) is 6.92 Å². The summed E-state index contributed by atoms with van der Waals surface area (Å²) in [6.07, 6.45) is 5.24. The third kappa shape index (κ3) is 2.66. The van der Waals surface area contributed by atoms with E-state index in [2.05, 4.69) is 20.2 Å². The van der Waals surface area contributed by atoms with Crippen LogP contribution in [0.5, 0.6) is 5.75 Å². The molecule has 0 spiro atoms. The normalized spacial score (nSPS) is 10.2. The van der Waals surface area contributed by atoms with Crippen LogP contribution in [0, 0.1) is 0 Å². The van der Waals surface area contributed by atoms with Crippen LogP contribution < -0.4 is 4.74 Å². The Balaban J connectivity index is 2.18. The molecule has 88 valence electrons. The molecule has 6 nitrogen and oxygen atoms in total. The van der Waals surface area contributed by atoms with Crippen molar-refractivity contribution in [3.63, 3.8) is 0 Å². The Hall–Kier alpha value is -2.24. The first-order valence-corrected chi connectivity index (χ1v) is 5.29. The minimum Gasteiger partial charge on any atom is -0.492 e. The summed E-state index contributed by atoms with van der Waals surface area (Å²) < 4.78 is 5.40. The Morgan fingerprint density at radius 3 is 3.06 bits per heavy atom. The first-order chi connectivity index (χ1) is 8.31. The minimum absolute atomic E-state index is 0.194. The van der Waals surface area contributed by atoms with Crippen LogP contribution >= 0.6 is 0 Å². The zero-order valence-electron chi connectivity index (χ0n) is 9.38. The van der Waals surface area contributed by atoms with Gasteiger partial charge in [0.15, 0.2) is 5.82 Å². The van der Waals surface area contributed by atoms with Crippen LogP contribution in [0.4, 0.5) is 0 Å². The highest BCUT2D eigenvalue weighted by atomic mass is 16.5. The molecule has 1 N–H and O–H groups in total. The summed E-state index contributed by atoms with van der Waals surface area (Å²) in [5, 5.41) is 6.15. The van der Waals surface area contributed by atoms with Gasteiger partial charge in [0.2, 0.25) is 5.78 Å². The molecule has 2 heterocycles. The Kier molecular flexibility index (Phi) is 3.44. The second kappa shape index (κ2) is 5.20. The van der Waals surface area contributed by atoms with Crippen molar-refractivity contribution in [2.24, 2.45) is 0 Å². The molecule has 17 heavy (non-hydrogen) atoms. The molecule has 0 fully saturated rings. The molecule has 0 saturated carbocycles. The first kappa shape index (κ1) is 11.3. The summed E-state index contributed by atoms with van der Waals surface area (Å²) in [5.41, 5.74) is 0.426. The summed E-state index contributed by atoms with van der Waals surface area (Å²) in [4.78, 5) is 19.7. The lowest BCUT2D eigenvalue weighted by atomic mass is 10.2. The van der Waals surface area contributed by atoms with Crippen LogP contribution in [0.25, 0.3) is 0 Å². The fourth-order valence-corrected chi connectivity index (χ4v) is 1.29. The summed E-state index contributed by atoms with van der Waals surface area (Å²) >= 11 is 0. The van der Waals surface area contributed by atoms with E-state index in [1.807, 2.05) is 6.92 Å². The third-order valence-electron chi connectivity index (χ3n) is 2.08. The van der Waals surface area contributed by atoms with Gasteiger partial charge >= 0.3 is 0 Å². The molecule has 0 unspecified atom stereocenters. The number of rotatable bonds is 5. The van der Waals surface area contributed by atoms with E-state index in [9.17, 15) is 4.79 Å². The SMILES string of the molecule is CCCOc1cncc(C(=O)c2ncn[nH]2)c1. The van der Waals surface area contributed by atoms with Crippen LogP contribution in [0.15, 0.2) is 24.8 Å². The maximum Gasteiger partial charge on any atom is 0.231 e. The van der Waals surface area contributed by atoms with Gasteiger partial charge in [-0.05, 0) is 12.5 Å². The molecule has 6 heteroatoms.